The van der Waals surface area contributed by atoms with Gasteiger partial charge in [-0.15, -0.1) is 0 Å². The molecule has 0 radical (unpaired) electrons. The lowest BCUT2D eigenvalue weighted by Gasteiger charge is -2.16. The fourth-order valence-corrected chi connectivity index (χ4v) is 3.49. The fourth-order valence-electron chi connectivity index (χ4n) is 3.49. The van der Waals surface area contributed by atoms with Crippen molar-refractivity contribution in [2.75, 3.05) is 19.1 Å². The molecule has 5 rings (SSSR count). The van der Waals surface area contributed by atoms with E-state index in [1.54, 1.807) is 6.07 Å². The van der Waals surface area contributed by atoms with Gasteiger partial charge in [0, 0.05) is 0 Å². The van der Waals surface area contributed by atoms with Gasteiger partial charge in [0.2, 0.25) is 18.6 Å². The first kappa shape index (κ1) is 18.8. The number of nitrogens with two attached hydrogens (primary N) is 1. The van der Waals surface area contributed by atoms with E-state index in [4.69, 9.17) is 24.7 Å². The maximum Gasteiger partial charge on any atom is 0.247 e. The summed E-state index contributed by atoms with van der Waals surface area (Å²) in [6.45, 7) is -0.0909. The van der Waals surface area contributed by atoms with Crippen LogP contribution in [0, 0.1) is 0 Å². The molecule has 1 aromatic carbocycles. The second-order valence-electron chi connectivity index (χ2n) is 6.92. The molecule has 4 unspecified atom stereocenters. The second-order valence-corrected chi connectivity index (χ2v) is 6.92. The molecule has 2 aromatic heterocycles. The number of aromatic nitrogens is 4. The van der Waals surface area contributed by atoms with Crippen LogP contribution in [0.15, 0.2) is 24.5 Å². The van der Waals surface area contributed by atoms with Crippen LogP contribution < -0.4 is 19.9 Å². The summed E-state index contributed by atoms with van der Waals surface area (Å²) in [5.41, 5.74) is 7.23. The van der Waals surface area contributed by atoms with Crippen molar-refractivity contribution in [3.8, 4) is 17.4 Å². The molecule has 2 aliphatic rings. The molecule has 12 heteroatoms. The van der Waals surface area contributed by atoms with Gasteiger partial charge in [-0.3, -0.25) is 4.57 Å². The summed E-state index contributed by atoms with van der Waals surface area (Å²) in [5, 5.41) is 29.6. The maximum absolute atomic E-state index is 10.3. The molecule has 12 nitrogen and oxygen atoms in total. The summed E-state index contributed by atoms with van der Waals surface area (Å²) in [5.74, 6) is 1.40. The zero-order valence-electron chi connectivity index (χ0n) is 15.6. The molecule has 4 heterocycles. The predicted molar refractivity (Wildman–Crippen MR) is 99.6 cm³/mol. The molecule has 158 valence electrons. The molecule has 0 amide bonds. The van der Waals surface area contributed by atoms with Crippen LogP contribution in [-0.4, -0.2) is 66.6 Å². The Morgan fingerprint density at radius 3 is 2.80 bits per heavy atom. The Morgan fingerprint density at radius 2 is 2.00 bits per heavy atom. The Bertz CT molecular complexity index is 1090. The van der Waals surface area contributed by atoms with E-state index in [0.717, 1.165) is 5.56 Å². The topological polar surface area (TPSA) is 167 Å². The molecule has 4 atom stereocenters. The van der Waals surface area contributed by atoms with Crippen molar-refractivity contribution in [3.05, 3.63) is 30.1 Å². The Labute approximate surface area is 169 Å². The highest BCUT2D eigenvalue weighted by Crippen LogP contribution is 2.34. The van der Waals surface area contributed by atoms with Crippen molar-refractivity contribution in [1.29, 1.82) is 0 Å². The minimum Gasteiger partial charge on any atom is -0.471 e. The maximum atomic E-state index is 10.3. The van der Waals surface area contributed by atoms with E-state index >= 15 is 0 Å². The summed E-state index contributed by atoms with van der Waals surface area (Å²) in [6.07, 6.45) is -3.08. The molecular weight excluding hydrogens is 398 g/mol. The Kier molecular flexibility index (Phi) is 4.55. The quantitative estimate of drug-likeness (QED) is 0.415. The average Bonchev–Trinajstić information content (AvgIpc) is 3.44. The molecule has 0 aliphatic carbocycles. The van der Waals surface area contributed by atoms with E-state index in [1.807, 2.05) is 12.1 Å². The number of imidazole rings is 1. The van der Waals surface area contributed by atoms with Crippen LogP contribution in [0.1, 0.15) is 11.8 Å². The van der Waals surface area contributed by atoms with Gasteiger partial charge in [0.05, 0.1) is 12.9 Å². The van der Waals surface area contributed by atoms with Gasteiger partial charge in [-0.2, -0.15) is 9.97 Å². The van der Waals surface area contributed by atoms with Gasteiger partial charge >= 0.3 is 0 Å². The Balaban J connectivity index is 1.43. The van der Waals surface area contributed by atoms with Gasteiger partial charge in [-0.05, 0) is 17.7 Å². The number of nitrogens with zero attached hydrogens (tertiary/aromatic N) is 4. The third kappa shape index (κ3) is 3.06. The largest absolute Gasteiger partial charge is 0.471 e. The first-order chi connectivity index (χ1) is 14.5. The third-order valence-corrected chi connectivity index (χ3v) is 5.01. The Hall–Kier alpha value is -3.19. The van der Waals surface area contributed by atoms with Gasteiger partial charge in [0.1, 0.15) is 24.9 Å². The van der Waals surface area contributed by atoms with E-state index in [0.29, 0.717) is 17.0 Å². The standard InChI is InChI=1S/C18H19N5O7/c19-18-21-15-12(20-6-23(15)17-14(26)13(25)11(4-24)30-17)16(22-18)27-5-8-1-2-9-10(3-8)29-7-28-9/h1-3,6,11,13-14,17,24-26H,4-5,7H2,(H2,19,21,22). The van der Waals surface area contributed by atoms with Crippen LogP contribution in [0.2, 0.25) is 0 Å². The fraction of sp³-hybridized carbons (Fsp3) is 0.389. The predicted octanol–water partition coefficient (Wildman–Crippen LogP) is -0.672. The van der Waals surface area contributed by atoms with Crippen molar-refractivity contribution in [2.45, 2.75) is 31.1 Å². The number of aliphatic hydroxyl groups is 3. The molecule has 0 spiro atoms. The highest BCUT2D eigenvalue weighted by molar-refractivity contribution is 5.77. The first-order valence-corrected chi connectivity index (χ1v) is 9.19. The summed E-state index contributed by atoms with van der Waals surface area (Å²) >= 11 is 0. The Morgan fingerprint density at radius 1 is 1.17 bits per heavy atom. The van der Waals surface area contributed by atoms with Crippen LogP contribution >= 0.6 is 0 Å². The molecule has 30 heavy (non-hydrogen) atoms. The highest BCUT2D eigenvalue weighted by Gasteiger charge is 2.44. The van der Waals surface area contributed by atoms with Gasteiger partial charge in [0.15, 0.2) is 28.9 Å². The minimum absolute atomic E-state index is 0.0586. The summed E-state index contributed by atoms with van der Waals surface area (Å²) < 4.78 is 23.4. The van der Waals surface area contributed by atoms with Crippen molar-refractivity contribution in [3.63, 3.8) is 0 Å². The summed E-state index contributed by atoms with van der Waals surface area (Å²) in [7, 11) is 0. The zero-order chi connectivity index (χ0) is 20.8. The second kappa shape index (κ2) is 7.25. The molecule has 1 saturated heterocycles. The number of fused-ring (bicyclic) bond motifs is 2. The first-order valence-electron chi connectivity index (χ1n) is 9.19. The number of benzene rings is 1. The number of anilines is 1. The summed E-state index contributed by atoms with van der Waals surface area (Å²) in [6, 6.07) is 5.44. The molecule has 1 fully saturated rings. The SMILES string of the molecule is Nc1nc(OCc2ccc3c(c2)OCO3)c2ncn(C3OC(CO)C(O)C3O)c2n1. The van der Waals surface area contributed by atoms with Crippen molar-refractivity contribution in [1.82, 2.24) is 19.5 Å². The molecule has 3 aromatic rings. The van der Waals surface area contributed by atoms with E-state index in [1.165, 1.54) is 10.9 Å². The van der Waals surface area contributed by atoms with Gasteiger partial charge in [0.25, 0.3) is 0 Å². The lowest BCUT2D eigenvalue weighted by Crippen LogP contribution is -2.33. The van der Waals surface area contributed by atoms with Crippen LogP contribution in [0.3, 0.4) is 0 Å². The number of aliphatic hydroxyl groups excluding tert-OH is 3. The zero-order valence-corrected chi connectivity index (χ0v) is 15.6. The van der Waals surface area contributed by atoms with Crippen LogP contribution in [0.4, 0.5) is 5.95 Å². The number of nitrogen functional groups attached to an aromatic ring is 1. The van der Waals surface area contributed by atoms with Crippen LogP contribution in [-0.2, 0) is 11.3 Å². The van der Waals surface area contributed by atoms with E-state index in [9.17, 15) is 15.3 Å². The minimum atomic E-state index is -1.28. The van der Waals surface area contributed by atoms with Crippen LogP contribution in [0.5, 0.6) is 17.4 Å². The summed E-state index contributed by atoms with van der Waals surface area (Å²) in [4.78, 5) is 12.5. The molecule has 0 bridgehead atoms. The monoisotopic (exact) mass is 417 g/mol. The number of ether oxygens (including phenoxy) is 4. The highest BCUT2D eigenvalue weighted by atomic mass is 16.7. The molecule has 0 saturated carbocycles. The normalized spacial score (nSPS) is 25.2. The molecule has 5 N–H and O–H groups in total. The van der Waals surface area contributed by atoms with E-state index in [2.05, 4.69) is 15.0 Å². The van der Waals surface area contributed by atoms with Crippen molar-refractivity contribution >= 4 is 17.1 Å². The van der Waals surface area contributed by atoms with E-state index in [-0.39, 0.29) is 30.9 Å². The van der Waals surface area contributed by atoms with E-state index < -0.39 is 31.1 Å². The average molecular weight is 417 g/mol. The third-order valence-electron chi connectivity index (χ3n) is 5.01. The van der Waals surface area contributed by atoms with Gasteiger partial charge < -0.3 is 40.0 Å². The number of hydrogen-bond donors (Lipinski definition) is 4. The lowest BCUT2D eigenvalue weighted by molar-refractivity contribution is -0.0511. The van der Waals surface area contributed by atoms with Crippen molar-refractivity contribution in [2.24, 2.45) is 0 Å². The number of rotatable bonds is 5. The van der Waals surface area contributed by atoms with Gasteiger partial charge in [-0.25, -0.2) is 4.98 Å². The van der Waals surface area contributed by atoms with Gasteiger partial charge in [-0.1, -0.05) is 6.07 Å². The molecule has 2 aliphatic heterocycles. The molecular formula is C18H19N5O7. The lowest BCUT2D eigenvalue weighted by atomic mass is 10.1. The smallest absolute Gasteiger partial charge is 0.247 e. The van der Waals surface area contributed by atoms with Crippen LogP contribution in [0.25, 0.3) is 11.2 Å². The number of hydrogen-bond acceptors (Lipinski definition) is 11. The van der Waals surface area contributed by atoms with Crippen molar-refractivity contribution < 1.29 is 34.3 Å².